The Morgan fingerprint density at radius 2 is 2.33 bits per heavy atom. The van der Waals surface area contributed by atoms with E-state index >= 15 is 0 Å². The van der Waals surface area contributed by atoms with Crippen molar-refractivity contribution in [3.63, 3.8) is 0 Å². The molecule has 0 saturated carbocycles. The molecule has 4 rings (SSSR count). The fourth-order valence-corrected chi connectivity index (χ4v) is 3.23. The van der Waals surface area contributed by atoms with Crippen LogP contribution in [0.4, 0.5) is 0 Å². The van der Waals surface area contributed by atoms with Crippen molar-refractivity contribution >= 4 is 16.8 Å². The van der Waals surface area contributed by atoms with Gasteiger partial charge in [0.1, 0.15) is 6.10 Å². The quantitative estimate of drug-likeness (QED) is 0.771. The molecule has 1 amide bonds. The van der Waals surface area contributed by atoms with E-state index in [9.17, 15) is 4.79 Å². The number of aromatic nitrogens is 4. The maximum Gasteiger partial charge on any atom is 0.253 e. The van der Waals surface area contributed by atoms with Crippen molar-refractivity contribution in [2.75, 3.05) is 6.61 Å². The number of hydrogen-bond donors (Lipinski definition) is 2. The van der Waals surface area contributed by atoms with E-state index in [1.54, 1.807) is 12.5 Å². The molecule has 3 heterocycles. The number of imidazole rings is 1. The third kappa shape index (κ3) is 2.67. The Labute approximate surface area is 139 Å². The Morgan fingerprint density at radius 3 is 3.17 bits per heavy atom. The Bertz CT molecular complexity index is 869. The van der Waals surface area contributed by atoms with Crippen LogP contribution in [0.3, 0.4) is 0 Å². The van der Waals surface area contributed by atoms with Crippen molar-refractivity contribution < 1.29 is 9.53 Å². The fourth-order valence-electron chi connectivity index (χ4n) is 3.23. The molecular formula is C17H19N5O2. The number of hydrogen-bond acceptors (Lipinski definition) is 4. The van der Waals surface area contributed by atoms with Gasteiger partial charge in [-0.2, -0.15) is 5.10 Å². The number of nitrogens with zero attached hydrogens (tertiary/aromatic N) is 3. The van der Waals surface area contributed by atoms with Crippen LogP contribution in [-0.4, -0.2) is 38.3 Å². The molecule has 24 heavy (non-hydrogen) atoms. The van der Waals surface area contributed by atoms with E-state index in [2.05, 4.69) is 20.5 Å². The molecule has 0 aliphatic carbocycles. The zero-order chi connectivity index (χ0) is 16.5. The average molecular weight is 325 g/mol. The number of amides is 1. The van der Waals surface area contributed by atoms with Gasteiger partial charge in [0.25, 0.3) is 5.91 Å². The van der Waals surface area contributed by atoms with E-state index in [1.807, 2.05) is 36.0 Å². The van der Waals surface area contributed by atoms with Crippen molar-refractivity contribution in [3.05, 3.63) is 48.2 Å². The highest BCUT2D eigenvalue weighted by Gasteiger charge is 2.27. The van der Waals surface area contributed by atoms with Crippen LogP contribution >= 0.6 is 0 Å². The molecule has 1 aromatic carbocycles. The fraction of sp³-hybridized carbons (Fsp3) is 0.353. The second-order valence-electron chi connectivity index (χ2n) is 6.12. The van der Waals surface area contributed by atoms with Crippen molar-refractivity contribution in [1.82, 2.24) is 25.1 Å². The first-order chi connectivity index (χ1) is 11.7. The van der Waals surface area contributed by atoms with Crippen molar-refractivity contribution in [2.24, 2.45) is 7.05 Å². The van der Waals surface area contributed by atoms with E-state index in [1.165, 1.54) is 0 Å². The van der Waals surface area contributed by atoms with Crippen LogP contribution in [0.2, 0.25) is 0 Å². The van der Waals surface area contributed by atoms with Gasteiger partial charge >= 0.3 is 0 Å². The number of benzene rings is 1. The summed E-state index contributed by atoms with van der Waals surface area (Å²) in [7, 11) is 1.95. The van der Waals surface area contributed by atoms with Gasteiger partial charge in [0.2, 0.25) is 0 Å². The molecule has 124 valence electrons. The van der Waals surface area contributed by atoms with Gasteiger partial charge in [-0.15, -0.1) is 0 Å². The SMILES string of the molecule is Cn1cncc1C1CC(NC(=O)c2cccc3cn[nH]c23)CCO1. The summed E-state index contributed by atoms with van der Waals surface area (Å²) in [6, 6.07) is 5.69. The third-order valence-corrected chi connectivity index (χ3v) is 4.52. The van der Waals surface area contributed by atoms with Gasteiger partial charge in [0.15, 0.2) is 0 Å². The van der Waals surface area contributed by atoms with E-state index < -0.39 is 0 Å². The van der Waals surface area contributed by atoms with Crippen molar-refractivity contribution in [1.29, 1.82) is 0 Å². The third-order valence-electron chi connectivity index (χ3n) is 4.52. The number of fused-ring (bicyclic) bond motifs is 1. The molecule has 0 spiro atoms. The molecule has 7 heteroatoms. The lowest BCUT2D eigenvalue weighted by Crippen LogP contribution is -2.40. The molecule has 2 atom stereocenters. The highest BCUT2D eigenvalue weighted by Crippen LogP contribution is 2.28. The number of aryl methyl sites for hydroxylation is 1. The van der Waals surface area contributed by atoms with E-state index in [-0.39, 0.29) is 18.1 Å². The summed E-state index contributed by atoms with van der Waals surface area (Å²) in [5.41, 5.74) is 2.42. The normalized spacial score (nSPS) is 21.0. The molecule has 1 aliphatic rings. The molecule has 7 nitrogen and oxygen atoms in total. The average Bonchev–Trinajstić information content (AvgIpc) is 3.23. The lowest BCUT2D eigenvalue weighted by atomic mass is 10.0. The minimum atomic E-state index is -0.0829. The van der Waals surface area contributed by atoms with Gasteiger partial charge < -0.3 is 14.6 Å². The lowest BCUT2D eigenvalue weighted by molar-refractivity contribution is -0.00300. The van der Waals surface area contributed by atoms with Crippen LogP contribution in [0.15, 0.2) is 36.9 Å². The number of ether oxygens (including phenoxy) is 1. The molecular weight excluding hydrogens is 306 g/mol. The van der Waals surface area contributed by atoms with Crippen LogP contribution in [0, 0.1) is 0 Å². The summed E-state index contributed by atoms with van der Waals surface area (Å²) < 4.78 is 7.81. The highest BCUT2D eigenvalue weighted by atomic mass is 16.5. The number of rotatable bonds is 3. The number of aromatic amines is 1. The summed E-state index contributed by atoms with van der Waals surface area (Å²) >= 11 is 0. The van der Waals surface area contributed by atoms with Crippen molar-refractivity contribution in [2.45, 2.75) is 25.0 Å². The minimum Gasteiger partial charge on any atom is -0.372 e. The van der Waals surface area contributed by atoms with Crippen molar-refractivity contribution in [3.8, 4) is 0 Å². The number of nitrogens with one attached hydrogen (secondary N) is 2. The summed E-state index contributed by atoms with van der Waals surface area (Å²) in [6.45, 7) is 0.620. The van der Waals surface area contributed by atoms with E-state index in [4.69, 9.17) is 4.74 Å². The predicted molar refractivity (Wildman–Crippen MR) is 88.5 cm³/mol. The molecule has 2 N–H and O–H groups in total. The zero-order valence-electron chi connectivity index (χ0n) is 13.4. The van der Waals surface area contributed by atoms with Crippen LogP contribution in [0.25, 0.3) is 10.9 Å². The van der Waals surface area contributed by atoms with E-state index in [0.717, 1.165) is 29.4 Å². The van der Waals surface area contributed by atoms with Gasteiger partial charge in [-0.25, -0.2) is 4.98 Å². The zero-order valence-corrected chi connectivity index (χ0v) is 13.4. The first-order valence-corrected chi connectivity index (χ1v) is 8.03. The molecule has 2 aromatic heterocycles. The maximum atomic E-state index is 12.7. The number of para-hydroxylation sites is 1. The molecule has 0 bridgehead atoms. The smallest absolute Gasteiger partial charge is 0.253 e. The van der Waals surface area contributed by atoms with Crippen LogP contribution < -0.4 is 5.32 Å². The first-order valence-electron chi connectivity index (χ1n) is 8.03. The molecule has 1 saturated heterocycles. The van der Waals surface area contributed by atoms with Gasteiger partial charge in [-0.3, -0.25) is 9.89 Å². The molecule has 1 fully saturated rings. The van der Waals surface area contributed by atoms with Crippen LogP contribution in [0.5, 0.6) is 0 Å². The number of carbonyl (C=O) groups is 1. The summed E-state index contributed by atoms with van der Waals surface area (Å²) in [4.78, 5) is 16.8. The lowest BCUT2D eigenvalue weighted by Gasteiger charge is -2.30. The maximum absolute atomic E-state index is 12.7. The Hall–Kier alpha value is -2.67. The summed E-state index contributed by atoms with van der Waals surface area (Å²) in [5.74, 6) is -0.0829. The second-order valence-corrected chi connectivity index (χ2v) is 6.12. The number of carbonyl (C=O) groups excluding carboxylic acids is 1. The molecule has 2 unspecified atom stereocenters. The minimum absolute atomic E-state index is 0.0421. The Balaban J connectivity index is 1.49. The molecule has 3 aromatic rings. The Morgan fingerprint density at radius 1 is 1.42 bits per heavy atom. The summed E-state index contributed by atoms with van der Waals surface area (Å²) in [6.07, 6.45) is 6.81. The van der Waals surface area contributed by atoms with Gasteiger partial charge in [0.05, 0.1) is 35.5 Å². The van der Waals surface area contributed by atoms with E-state index in [0.29, 0.717) is 12.2 Å². The largest absolute Gasteiger partial charge is 0.372 e. The topological polar surface area (TPSA) is 84.8 Å². The predicted octanol–water partition coefficient (Wildman–Crippen LogP) is 1.95. The second kappa shape index (κ2) is 6.09. The van der Waals surface area contributed by atoms with Crippen LogP contribution in [0.1, 0.15) is 35.0 Å². The van der Waals surface area contributed by atoms with Gasteiger partial charge in [-0.05, 0) is 18.9 Å². The first kappa shape index (κ1) is 14.9. The van der Waals surface area contributed by atoms with Gasteiger partial charge in [-0.1, -0.05) is 12.1 Å². The standard InChI is InChI=1S/C17H19N5O2/c1-22-10-18-9-14(22)15-7-12(5-6-24-15)20-17(23)13-4-2-3-11-8-19-21-16(11)13/h2-4,8-10,12,15H,5-7H2,1H3,(H,19,21)(H,20,23). The highest BCUT2D eigenvalue weighted by molar-refractivity contribution is 6.05. The molecule has 1 aliphatic heterocycles. The Kier molecular flexibility index (Phi) is 3.78. The summed E-state index contributed by atoms with van der Waals surface area (Å²) in [5, 5.41) is 11.0. The van der Waals surface area contributed by atoms with Crippen LogP contribution in [-0.2, 0) is 11.8 Å². The number of H-pyrrole nitrogens is 1. The molecule has 0 radical (unpaired) electrons. The monoisotopic (exact) mass is 325 g/mol. The van der Waals surface area contributed by atoms with Gasteiger partial charge in [0, 0.05) is 25.1 Å².